The smallest absolute Gasteiger partial charge is 0.259 e. The summed E-state index contributed by atoms with van der Waals surface area (Å²) in [4.78, 5) is 17.2. The van der Waals surface area contributed by atoms with E-state index in [9.17, 15) is 9.18 Å². The molecule has 0 bridgehead atoms. The topological polar surface area (TPSA) is 49.6 Å². The lowest BCUT2D eigenvalue weighted by Crippen LogP contribution is -2.49. The molecule has 1 aromatic carbocycles. The van der Waals surface area contributed by atoms with E-state index in [2.05, 4.69) is 23.9 Å². The Labute approximate surface area is 157 Å². The zero-order chi connectivity index (χ0) is 18.8. The van der Waals surface area contributed by atoms with Crippen molar-refractivity contribution >= 4 is 17.5 Å². The molecule has 1 amide bonds. The number of nitrogens with zero attached hydrogens (tertiary/aromatic N) is 3. The van der Waals surface area contributed by atoms with Crippen molar-refractivity contribution in [2.45, 2.75) is 20.8 Å². The van der Waals surface area contributed by atoms with Gasteiger partial charge in [0.2, 0.25) is 0 Å². The third-order valence-corrected chi connectivity index (χ3v) is 4.87. The molecule has 0 spiro atoms. The average Bonchev–Trinajstić information content (AvgIpc) is 2.95. The highest BCUT2D eigenvalue weighted by Crippen LogP contribution is 2.34. The van der Waals surface area contributed by atoms with Gasteiger partial charge >= 0.3 is 0 Å². The molecule has 5 nitrogen and oxygen atoms in total. The number of halogens is 2. The van der Waals surface area contributed by atoms with Crippen LogP contribution < -0.4 is 0 Å². The van der Waals surface area contributed by atoms with Crippen molar-refractivity contribution in [3.05, 3.63) is 40.4 Å². The summed E-state index contributed by atoms with van der Waals surface area (Å²) in [5.41, 5.74) is 0.558. The van der Waals surface area contributed by atoms with E-state index >= 15 is 0 Å². The molecule has 0 aliphatic carbocycles. The molecule has 1 aliphatic heterocycles. The first-order valence-corrected chi connectivity index (χ1v) is 9.18. The lowest BCUT2D eigenvalue weighted by Gasteiger charge is -2.35. The third kappa shape index (κ3) is 3.76. The van der Waals surface area contributed by atoms with E-state index in [1.807, 2.05) is 0 Å². The van der Waals surface area contributed by atoms with Crippen molar-refractivity contribution in [3.8, 4) is 11.3 Å². The summed E-state index contributed by atoms with van der Waals surface area (Å²) in [5, 5.41) is 4.12. The van der Waals surface area contributed by atoms with Crippen LogP contribution in [0.15, 0.2) is 22.7 Å². The van der Waals surface area contributed by atoms with Crippen molar-refractivity contribution in [1.82, 2.24) is 15.0 Å². The fourth-order valence-electron chi connectivity index (χ4n) is 3.33. The van der Waals surface area contributed by atoms with Crippen LogP contribution in [0.25, 0.3) is 11.3 Å². The van der Waals surface area contributed by atoms with Crippen LogP contribution in [-0.2, 0) is 0 Å². The minimum absolute atomic E-state index is 0.104. The second kappa shape index (κ2) is 7.76. The van der Waals surface area contributed by atoms with Gasteiger partial charge in [-0.25, -0.2) is 4.39 Å². The average molecular weight is 380 g/mol. The molecular weight excluding hydrogens is 357 g/mol. The summed E-state index contributed by atoms with van der Waals surface area (Å²) >= 11 is 6.15. The molecule has 0 unspecified atom stereocenters. The first-order chi connectivity index (χ1) is 12.4. The number of carbonyl (C=O) groups is 1. The number of hydrogen-bond acceptors (Lipinski definition) is 4. The Morgan fingerprint density at radius 3 is 2.62 bits per heavy atom. The molecule has 1 aromatic heterocycles. The Morgan fingerprint density at radius 2 is 2.00 bits per heavy atom. The van der Waals surface area contributed by atoms with Crippen LogP contribution in [0.4, 0.5) is 4.39 Å². The highest BCUT2D eigenvalue weighted by atomic mass is 35.5. The Bertz CT molecular complexity index is 778. The van der Waals surface area contributed by atoms with Gasteiger partial charge in [0, 0.05) is 32.7 Å². The molecule has 2 heterocycles. The van der Waals surface area contributed by atoms with E-state index in [1.165, 1.54) is 12.1 Å². The molecule has 1 fully saturated rings. The lowest BCUT2D eigenvalue weighted by molar-refractivity contribution is 0.0623. The highest BCUT2D eigenvalue weighted by Gasteiger charge is 2.30. The van der Waals surface area contributed by atoms with Gasteiger partial charge in [-0.3, -0.25) is 9.69 Å². The van der Waals surface area contributed by atoms with Gasteiger partial charge < -0.3 is 9.42 Å². The van der Waals surface area contributed by atoms with Crippen molar-refractivity contribution in [3.63, 3.8) is 0 Å². The summed E-state index contributed by atoms with van der Waals surface area (Å²) < 4.78 is 19.5. The van der Waals surface area contributed by atoms with Gasteiger partial charge in [-0.1, -0.05) is 36.7 Å². The summed E-state index contributed by atoms with van der Waals surface area (Å²) in [6, 6.07) is 4.39. The van der Waals surface area contributed by atoms with Crippen molar-refractivity contribution in [2.75, 3.05) is 32.7 Å². The standard InChI is InChI=1S/C19H23ClFN3O2/c1-12(2)11-23-7-9-24(10-8-23)19(25)16-13(3)26-22-18(16)17-14(20)5-4-6-15(17)21/h4-6,12H,7-11H2,1-3H3. The molecule has 2 aromatic rings. The zero-order valence-corrected chi connectivity index (χ0v) is 16.0. The van der Waals surface area contributed by atoms with Crippen LogP contribution in [0, 0.1) is 18.7 Å². The Morgan fingerprint density at radius 1 is 1.31 bits per heavy atom. The maximum atomic E-state index is 14.3. The van der Waals surface area contributed by atoms with Gasteiger partial charge in [-0.2, -0.15) is 0 Å². The quantitative estimate of drug-likeness (QED) is 0.809. The predicted molar refractivity (Wildman–Crippen MR) is 98.8 cm³/mol. The fraction of sp³-hybridized carbons (Fsp3) is 0.474. The largest absolute Gasteiger partial charge is 0.360 e. The van der Waals surface area contributed by atoms with Gasteiger partial charge in [0.15, 0.2) is 0 Å². The number of amides is 1. The Balaban J connectivity index is 1.85. The highest BCUT2D eigenvalue weighted by molar-refractivity contribution is 6.33. The fourth-order valence-corrected chi connectivity index (χ4v) is 3.58. The molecule has 3 rings (SSSR count). The van der Waals surface area contributed by atoms with Crippen LogP contribution >= 0.6 is 11.6 Å². The number of hydrogen-bond donors (Lipinski definition) is 0. The zero-order valence-electron chi connectivity index (χ0n) is 15.3. The normalized spacial score (nSPS) is 15.7. The second-order valence-corrected chi connectivity index (χ2v) is 7.45. The first kappa shape index (κ1) is 18.9. The molecular formula is C19H23ClFN3O2. The molecule has 1 saturated heterocycles. The molecule has 0 atom stereocenters. The lowest BCUT2D eigenvalue weighted by atomic mass is 10.0. The van der Waals surface area contributed by atoms with E-state index in [0.29, 0.717) is 24.8 Å². The molecule has 26 heavy (non-hydrogen) atoms. The summed E-state index contributed by atoms with van der Waals surface area (Å²) in [7, 11) is 0. The molecule has 140 valence electrons. The van der Waals surface area contributed by atoms with Crippen LogP contribution in [0.5, 0.6) is 0 Å². The van der Waals surface area contributed by atoms with E-state index in [0.717, 1.165) is 19.6 Å². The number of carbonyl (C=O) groups excluding carboxylic acids is 1. The van der Waals surface area contributed by atoms with Crippen LogP contribution in [0.1, 0.15) is 30.0 Å². The van der Waals surface area contributed by atoms with Gasteiger partial charge in [0.05, 0.1) is 10.6 Å². The van der Waals surface area contributed by atoms with Crippen LogP contribution in [0.2, 0.25) is 5.02 Å². The van der Waals surface area contributed by atoms with E-state index in [4.69, 9.17) is 16.1 Å². The summed E-state index contributed by atoms with van der Waals surface area (Å²) in [5.74, 6) is 0.241. The molecule has 0 saturated carbocycles. The molecule has 0 radical (unpaired) electrons. The number of aryl methyl sites for hydroxylation is 1. The Kier molecular flexibility index (Phi) is 5.63. The molecule has 0 N–H and O–H groups in total. The minimum Gasteiger partial charge on any atom is -0.360 e. The van der Waals surface area contributed by atoms with Crippen LogP contribution in [0.3, 0.4) is 0 Å². The second-order valence-electron chi connectivity index (χ2n) is 7.05. The maximum Gasteiger partial charge on any atom is 0.259 e. The first-order valence-electron chi connectivity index (χ1n) is 8.80. The van der Waals surface area contributed by atoms with E-state index in [-0.39, 0.29) is 27.8 Å². The maximum absolute atomic E-state index is 14.3. The minimum atomic E-state index is -0.526. The number of aromatic nitrogens is 1. The van der Waals surface area contributed by atoms with Crippen LogP contribution in [-0.4, -0.2) is 53.6 Å². The predicted octanol–water partition coefficient (Wildman–Crippen LogP) is 3.86. The van der Waals surface area contributed by atoms with Crippen molar-refractivity contribution in [1.29, 1.82) is 0 Å². The summed E-state index contributed by atoms with van der Waals surface area (Å²) in [6.07, 6.45) is 0. The number of benzene rings is 1. The van der Waals surface area contributed by atoms with Crippen molar-refractivity contribution in [2.24, 2.45) is 5.92 Å². The molecule has 7 heteroatoms. The van der Waals surface area contributed by atoms with Gasteiger partial charge in [-0.15, -0.1) is 0 Å². The van der Waals surface area contributed by atoms with Gasteiger partial charge in [-0.05, 0) is 25.0 Å². The SMILES string of the molecule is Cc1onc(-c2c(F)cccc2Cl)c1C(=O)N1CCN(CC(C)C)CC1. The van der Waals surface area contributed by atoms with E-state index in [1.54, 1.807) is 17.9 Å². The van der Waals surface area contributed by atoms with E-state index < -0.39 is 5.82 Å². The number of piperazine rings is 1. The Hall–Kier alpha value is -1.92. The van der Waals surface area contributed by atoms with Gasteiger partial charge in [0.25, 0.3) is 5.91 Å². The van der Waals surface area contributed by atoms with Crippen molar-refractivity contribution < 1.29 is 13.7 Å². The monoisotopic (exact) mass is 379 g/mol. The number of rotatable bonds is 4. The molecule has 1 aliphatic rings. The summed E-state index contributed by atoms with van der Waals surface area (Å²) in [6.45, 7) is 9.94. The third-order valence-electron chi connectivity index (χ3n) is 4.56. The van der Waals surface area contributed by atoms with Gasteiger partial charge in [0.1, 0.15) is 22.8 Å².